The molecule has 5 aliphatic rings. The van der Waals surface area contributed by atoms with Gasteiger partial charge >= 0.3 is 0 Å². The minimum Gasteiger partial charge on any atom is -0.317 e. The van der Waals surface area contributed by atoms with Gasteiger partial charge in [0.1, 0.15) is 21.4 Å². The summed E-state index contributed by atoms with van der Waals surface area (Å²) in [6.45, 7) is 3.79. The number of aryl methyl sites for hydroxylation is 2. The molecule has 1 saturated carbocycles. The maximum absolute atomic E-state index is 13.4. The first-order valence-corrected chi connectivity index (χ1v) is 27.3. The Morgan fingerprint density at radius 2 is 1.16 bits per heavy atom. The van der Waals surface area contributed by atoms with Crippen molar-refractivity contribution in [1.29, 1.82) is 0 Å². The van der Waals surface area contributed by atoms with E-state index in [1.54, 1.807) is 10.9 Å². The van der Waals surface area contributed by atoms with Crippen LogP contribution in [0.25, 0.3) is 0 Å². The third kappa shape index (κ3) is 13.5. The first-order valence-electron chi connectivity index (χ1n) is 22.8. The lowest BCUT2D eigenvalue weighted by Gasteiger charge is -2.30. The lowest BCUT2D eigenvalue weighted by Crippen LogP contribution is -2.35. The van der Waals surface area contributed by atoms with Gasteiger partial charge in [-0.15, -0.1) is 0 Å². The molecule has 2 aromatic carbocycles. The highest BCUT2D eigenvalue weighted by molar-refractivity contribution is 14.1. The van der Waals surface area contributed by atoms with Gasteiger partial charge in [0.05, 0.1) is 50.3 Å². The minimum absolute atomic E-state index is 0.0721. The van der Waals surface area contributed by atoms with Crippen molar-refractivity contribution >= 4 is 59.7 Å². The lowest BCUT2D eigenvalue weighted by molar-refractivity contribution is -0.123. The fourth-order valence-electron chi connectivity index (χ4n) is 9.42. The predicted octanol–water partition coefficient (Wildman–Crippen LogP) is 7.86. The number of sulfonamides is 1. The van der Waals surface area contributed by atoms with Crippen LogP contribution >= 0.6 is 22.6 Å². The van der Waals surface area contributed by atoms with Gasteiger partial charge in [-0.3, -0.25) is 23.3 Å². The number of nitrogens with zero attached hydrogens (tertiary/aromatic N) is 5. The second-order valence-corrected chi connectivity index (χ2v) is 23.2. The van der Waals surface area contributed by atoms with Crippen molar-refractivity contribution < 1.29 is 52.8 Å². The third-order valence-electron chi connectivity index (χ3n) is 13.2. The normalized spacial score (nSPS) is 22.5. The Morgan fingerprint density at radius 1 is 0.672 bits per heavy atom. The lowest BCUT2D eigenvalue weighted by atomic mass is 9.83. The molecule has 9 rings (SSSR count). The number of anilines is 1. The molecule has 12 nitrogen and oxygen atoms in total. The summed E-state index contributed by atoms with van der Waals surface area (Å²) in [5.74, 6) is -7.31. The number of carbonyl (C=O) groups is 2. The molecule has 2 saturated heterocycles. The number of Topliss-reactive ketones (excluding diaryl/α,β-unsaturated/α-hetero) is 2. The molecule has 4 aliphatic heterocycles. The maximum Gasteiger partial charge on any atom is 0.235 e. The van der Waals surface area contributed by atoms with Gasteiger partial charge in [0.15, 0.2) is 34.9 Å². The molecule has 1 aliphatic carbocycles. The number of hydrogen-bond acceptors (Lipinski definition) is 9. The SMILES string of the molecule is CCC1CCCCC1NC.O=C(Cc1cc(F)c(F)c(F)c1)C1CCn2ncc(I)c2C1.O=C(Cc1cc(F)c(F)c(F)c1)C1CCn2ncc(N3CCCS3(=O)=O)c2C1.O=S1(=O)CCCC1. The molecule has 4 atom stereocenters. The number of fused-ring (bicyclic) bond motifs is 2. The summed E-state index contributed by atoms with van der Waals surface area (Å²) in [6.07, 6.45) is 14.3. The van der Waals surface area contributed by atoms with E-state index in [0.29, 0.717) is 74.6 Å². The van der Waals surface area contributed by atoms with Crippen LogP contribution in [0.1, 0.15) is 93.6 Å². The van der Waals surface area contributed by atoms with E-state index in [-0.39, 0.29) is 47.2 Å². The summed E-state index contributed by atoms with van der Waals surface area (Å²) >= 11 is 2.17. The van der Waals surface area contributed by atoms with Gasteiger partial charge in [-0.05, 0) is 116 Å². The standard InChI is InChI=1S/C18H18F3N3O3S.C15H12F3IN2O.C9H19N.C4H8O2S/c19-13-6-11(7-14(20)18(13)21)8-17(25)12-2-4-23-15(9-12)16(10-22-23)24-3-1-5-28(24,26)27;16-10-3-8(4-11(17)15(10)18)5-14(22)9-1-2-21-13(6-9)12(19)7-20-21;1-3-8-6-4-5-7-9(8)10-2;5-7(6)3-1-2-4-7/h6-7,10,12H,1-5,8-9H2;3-4,7,9H,1-2,5-6H2;8-10H,3-7H2,1-2H3;1-4H2. The molecule has 67 heavy (non-hydrogen) atoms. The zero-order valence-corrected chi connectivity index (χ0v) is 41.4. The van der Waals surface area contributed by atoms with Gasteiger partial charge < -0.3 is 5.32 Å². The molecule has 2 aromatic heterocycles. The van der Waals surface area contributed by atoms with Crippen molar-refractivity contribution in [2.75, 3.05) is 35.2 Å². The number of nitrogens with one attached hydrogen (secondary N) is 1. The molecule has 4 aromatic rings. The molecule has 0 spiro atoms. The van der Waals surface area contributed by atoms with Crippen LogP contribution in [0.15, 0.2) is 36.7 Å². The Hall–Kier alpha value is -3.83. The van der Waals surface area contributed by atoms with Crippen LogP contribution in [0.5, 0.6) is 0 Å². The van der Waals surface area contributed by atoms with E-state index in [0.717, 1.165) is 58.3 Å². The molecule has 0 bridgehead atoms. The largest absolute Gasteiger partial charge is 0.317 e. The number of carbonyl (C=O) groups excluding carboxylic acids is 2. The van der Waals surface area contributed by atoms with Gasteiger partial charge in [-0.1, -0.05) is 26.2 Å². The van der Waals surface area contributed by atoms with Gasteiger partial charge in [0.2, 0.25) is 10.0 Å². The average Bonchev–Trinajstić information content (AvgIpc) is 4.10. The fraction of sp³-hybridized carbons (Fsp3) is 0.565. The zero-order chi connectivity index (χ0) is 48.6. The van der Waals surface area contributed by atoms with Crippen molar-refractivity contribution in [2.45, 2.75) is 116 Å². The Labute approximate surface area is 401 Å². The number of sulfone groups is 1. The van der Waals surface area contributed by atoms with E-state index >= 15 is 0 Å². The summed E-state index contributed by atoms with van der Waals surface area (Å²) in [7, 11) is -3.82. The highest BCUT2D eigenvalue weighted by atomic mass is 127. The number of aromatic nitrogens is 4. The van der Waals surface area contributed by atoms with Crippen LogP contribution in [-0.2, 0) is 68.2 Å². The Morgan fingerprint density at radius 3 is 1.61 bits per heavy atom. The van der Waals surface area contributed by atoms with Gasteiger partial charge in [0.25, 0.3) is 0 Å². The molecule has 0 radical (unpaired) electrons. The molecule has 6 heterocycles. The monoisotopic (exact) mass is 1090 g/mol. The number of benzene rings is 2. The van der Waals surface area contributed by atoms with Crippen LogP contribution in [0.4, 0.5) is 32.0 Å². The fourth-order valence-corrected chi connectivity index (χ4v) is 13.1. The second-order valence-electron chi connectivity index (χ2n) is 17.7. The molecule has 3 fully saturated rings. The van der Waals surface area contributed by atoms with Gasteiger partial charge in [-0.25, -0.2) is 43.2 Å². The molecule has 4 unspecified atom stereocenters. The summed E-state index contributed by atoms with van der Waals surface area (Å²) < 4.78 is 130. The van der Waals surface area contributed by atoms with E-state index in [9.17, 15) is 52.8 Å². The number of hydrogen-bond donors (Lipinski definition) is 1. The topological polar surface area (TPSA) is 153 Å². The van der Waals surface area contributed by atoms with E-state index in [4.69, 9.17) is 0 Å². The van der Waals surface area contributed by atoms with Crippen LogP contribution < -0.4 is 9.62 Å². The summed E-state index contributed by atoms with van der Waals surface area (Å²) in [4.78, 5) is 25.0. The zero-order valence-electron chi connectivity index (χ0n) is 37.6. The second kappa shape index (κ2) is 23.2. The minimum atomic E-state index is -3.37. The molecule has 368 valence electrons. The van der Waals surface area contributed by atoms with Crippen molar-refractivity contribution in [3.8, 4) is 0 Å². The number of halogens is 7. The van der Waals surface area contributed by atoms with E-state index in [1.807, 2.05) is 4.68 Å². The average molecular weight is 1100 g/mol. The van der Waals surface area contributed by atoms with Crippen molar-refractivity contribution in [2.24, 2.45) is 17.8 Å². The van der Waals surface area contributed by atoms with Crippen LogP contribution in [0, 0.1) is 56.2 Å². The van der Waals surface area contributed by atoms with E-state index in [2.05, 4.69) is 52.1 Å². The van der Waals surface area contributed by atoms with E-state index < -0.39 is 60.7 Å². The number of rotatable bonds is 9. The Balaban J connectivity index is 0.000000167. The molecule has 0 amide bonds. The van der Waals surface area contributed by atoms with Gasteiger partial charge in [0, 0.05) is 63.2 Å². The summed E-state index contributed by atoms with van der Waals surface area (Å²) in [6, 6.07) is 4.23. The first-order chi connectivity index (χ1) is 31.8. The van der Waals surface area contributed by atoms with Crippen molar-refractivity contribution in [3.63, 3.8) is 0 Å². The first kappa shape index (κ1) is 52.5. The summed E-state index contributed by atoms with van der Waals surface area (Å²) in [5, 5.41) is 11.9. The van der Waals surface area contributed by atoms with E-state index in [1.165, 1.54) is 42.6 Å². The smallest absolute Gasteiger partial charge is 0.235 e. The highest BCUT2D eigenvalue weighted by Crippen LogP contribution is 2.34. The van der Waals surface area contributed by atoms with Crippen LogP contribution in [0.2, 0.25) is 0 Å². The summed E-state index contributed by atoms with van der Waals surface area (Å²) in [5.41, 5.74) is 2.42. The molecular formula is C46H57F6IN6O6S2. The predicted molar refractivity (Wildman–Crippen MR) is 250 cm³/mol. The van der Waals surface area contributed by atoms with Crippen molar-refractivity contribution in [1.82, 2.24) is 24.9 Å². The quantitative estimate of drug-likeness (QED) is 0.100. The molecule has 1 N–H and O–H groups in total. The maximum atomic E-state index is 13.4. The highest BCUT2D eigenvalue weighted by Gasteiger charge is 2.35. The third-order valence-corrected chi connectivity index (χ3v) is 17.7. The number of ketones is 2. The Bertz CT molecular complexity index is 2560. The molecule has 21 heteroatoms. The van der Waals surface area contributed by atoms with Gasteiger partial charge in [-0.2, -0.15) is 10.2 Å². The Kier molecular flexibility index (Phi) is 18.2. The van der Waals surface area contributed by atoms with Crippen molar-refractivity contribution in [3.05, 3.63) is 97.6 Å². The van der Waals surface area contributed by atoms with Crippen LogP contribution in [0.3, 0.4) is 0 Å². The van der Waals surface area contributed by atoms with Crippen LogP contribution in [-0.4, -0.2) is 84.9 Å². The molecular weight excluding hydrogens is 1040 g/mol.